The second-order valence-electron chi connectivity index (χ2n) is 17.2. The van der Waals surface area contributed by atoms with Gasteiger partial charge in [-0.25, -0.2) is 19.7 Å². The van der Waals surface area contributed by atoms with Crippen molar-refractivity contribution in [1.82, 2.24) is 45.9 Å². The highest BCUT2D eigenvalue weighted by atomic mass is 16.5. The molecule has 6 rings (SSSR count). The molecule has 3 amide bonds. The fraction of sp³-hybridized carbons (Fsp3) is 0.360. The summed E-state index contributed by atoms with van der Waals surface area (Å²) < 4.78 is 4.76. The molecule has 0 radical (unpaired) electrons. The normalized spacial score (nSPS) is 13.8. The number of aromatic nitrogens is 6. The van der Waals surface area contributed by atoms with Crippen LogP contribution in [0.5, 0.6) is 0 Å². The minimum atomic E-state index is -1.11. The minimum Gasteiger partial charge on any atom is -0.481 e. The summed E-state index contributed by atoms with van der Waals surface area (Å²) in [4.78, 5) is 89.6. The second kappa shape index (κ2) is 20.6. The van der Waals surface area contributed by atoms with Crippen LogP contribution >= 0.6 is 0 Å². The molecule has 66 heavy (non-hydrogen) atoms. The van der Waals surface area contributed by atoms with Gasteiger partial charge in [0.1, 0.15) is 18.1 Å². The maximum Gasteiger partial charge on any atom is 0.328 e. The van der Waals surface area contributed by atoms with Crippen LogP contribution in [0.25, 0.3) is 56.5 Å². The van der Waals surface area contributed by atoms with E-state index in [9.17, 15) is 29.1 Å². The molecule has 3 unspecified atom stereocenters. The molecule has 2 aliphatic rings. The number of carboxylic acid groups (broad SMARTS) is 1. The van der Waals surface area contributed by atoms with E-state index in [1.165, 1.54) is 26.6 Å². The number of carbonyl (C=O) groups excluding carboxylic acids is 4. The SMILES string of the molecule is C=Cc1c(C)c2cc3[nH]c(cc4nc(cc5nc(cc1[nH]2)C(C)=C5CCC(=O)O)C(CCC(=O)NC(CC(C)C)C(=O)NC(Cc1cnc[nH]1)C(=O)NC(C)C(=O)OC)=C4C)c(C)c3C=C. The lowest BCUT2D eigenvalue weighted by Crippen LogP contribution is -2.56. The summed E-state index contributed by atoms with van der Waals surface area (Å²) in [6.45, 7) is 21.5. The number of hydrogen-bond acceptors (Lipinski definition) is 9. The quantitative estimate of drug-likeness (QED) is 0.0489. The molecule has 6 heterocycles. The molecule has 7 N–H and O–H groups in total. The number of H-pyrrole nitrogens is 3. The number of amides is 3. The van der Waals surface area contributed by atoms with Crippen molar-refractivity contribution in [3.8, 4) is 0 Å². The van der Waals surface area contributed by atoms with Crippen LogP contribution < -0.4 is 16.0 Å². The summed E-state index contributed by atoms with van der Waals surface area (Å²) in [7, 11) is 1.22. The van der Waals surface area contributed by atoms with Crippen LogP contribution in [0.15, 0.2) is 49.9 Å². The van der Waals surface area contributed by atoms with Gasteiger partial charge >= 0.3 is 11.9 Å². The number of aliphatic carboxylic acids is 1. The van der Waals surface area contributed by atoms with Crippen molar-refractivity contribution >= 4 is 86.2 Å². The Balaban J connectivity index is 1.37. The predicted octanol–water partition coefficient (Wildman–Crippen LogP) is 7.38. The van der Waals surface area contributed by atoms with Gasteiger partial charge in [0.15, 0.2) is 0 Å². The molecule has 8 bridgehead atoms. The van der Waals surface area contributed by atoms with Crippen molar-refractivity contribution in [2.45, 2.75) is 105 Å². The fourth-order valence-electron chi connectivity index (χ4n) is 8.39. The molecule has 0 aromatic carbocycles. The molecule has 2 aliphatic heterocycles. The number of carbonyl (C=O) groups is 5. The number of esters is 1. The average molecular weight is 898 g/mol. The van der Waals surface area contributed by atoms with E-state index in [2.05, 4.69) is 49.0 Å². The Morgan fingerprint density at radius 3 is 1.80 bits per heavy atom. The number of allylic oxidation sites excluding steroid dienone is 4. The van der Waals surface area contributed by atoms with E-state index in [1.54, 1.807) is 6.08 Å². The lowest BCUT2D eigenvalue weighted by Gasteiger charge is -2.25. The molecule has 0 aliphatic carbocycles. The summed E-state index contributed by atoms with van der Waals surface area (Å²) in [6, 6.07) is 4.76. The summed E-state index contributed by atoms with van der Waals surface area (Å²) in [5, 5.41) is 18.0. The zero-order valence-electron chi connectivity index (χ0n) is 38.8. The van der Waals surface area contributed by atoms with E-state index in [4.69, 9.17) is 14.7 Å². The Labute approximate surface area is 383 Å². The van der Waals surface area contributed by atoms with Crippen molar-refractivity contribution in [3.63, 3.8) is 0 Å². The first-order chi connectivity index (χ1) is 31.4. The van der Waals surface area contributed by atoms with Gasteiger partial charge in [-0.15, -0.1) is 0 Å². The molecular formula is C50H59N9O7. The molecule has 16 nitrogen and oxygen atoms in total. The first kappa shape index (κ1) is 48.1. The summed E-state index contributed by atoms with van der Waals surface area (Å²) in [5.41, 5.74) is 13.5. The summed E-state index contributed by atoms with van der Waals surface area (Å²) in [6.07, 6.45) is 7.31. The number of aromatic amines is 3. The maximum atomic E-state index is 14.0. The zero-order valence-corrected chi connectivity index (χ0v) is 38.8. The molecule has 4 aromatic heterocycles. The number of carboxylic acids is 1. The largest absolute Gasteiger partial charge is 0.481 e. The highest BCUT2D eigenvalue weighted by molar-refractivity contribution is 5.98. The van der Waals surface area contributed by atoms with Crippen molar-refractivity contribution in [1.29, 1.82) is 0 Å². The second-order valence-corrected chi connectivity index (χ2v) is 17.2. The highest BCUT2D eigenvalue weighted by Crippen LogP contribution is 2.38. The van der Waals surface area contributed by atoms with Gasteiger partial charge in [-0.05, 0) is 117 Å². The van der Waals surface area contributed by atoms with Crippen molar-refractivity contribution < 1.29 is 33.8 Å². The van der Waals surface area contributed by atoms with Gasteiger partial charge in [0.2, 0.25) is 17.7 Å². The number of nitrogens with one attached hydrogen (secondary N) is 6. The van der Waals surface area contributed by atoms with Crippen LogP contribution in [-0.2, 0) is 35.1 Å². The van der Waals surface area contributed by atoms with E-state index in [0.29, 0.717) is 28.5 Å². The first-order valence-electron chi connectivity index (χ1n) is 22.0. The summed E-state index contributed by atoms with van der Waals surface area (Å²) in [5.74, 6) is -3.16. The monoisotopic (exact) mass is 897 g/mol. The number of nitrogens with zero attached hydrogens (tertiary/aromatic N) is 3. The number of aryl methyl sites for hydroxylation is 2. The average Bonchev–Trinajstić information content (AvgIpc) is 4.07. The third-order valence-electron chi connectivity index (χ3n) is 12.1. The Morgan fingerprint density at radius 2 is 1.27 bits per heavy atom. The van der Waals surface area contributed by atoms with Crippen LogP contribution in [0, 0.1) is 19.8 Å². The van der Waals surface area contributed by atoms with Gasteiger partial charge in [0, 0.05) is 64.3 Å². The van der Waals surface area contributed by atoms with E-state index in [-0.39, 0.29) is 44.4 Å². The molecule has 4 aromatic rings. The highest BCUT2D eigenvalue weighted by Gasteiger charge is 2.30. The van der Waals surface area contributed by atoms with Crippen LogP contribution in [-0.4, -0.2) is 89.9 Å². The van der Waals surface area contributed by atoms with Crippen molar-refractivity contribution in [2.75, 3.05) is 7.11 Å². The number of fused-ring (bicyclic) bond motifs is 8. The predicted molar refractivity (Wildman–Crippen MR) is 257 cm³/mol. The smallest absolute Gasteiger partial charge is 0.328 e. The lowest BCUT2D eigenvalue weighted by atomic mass is 9.97. The first-order valence-corrected chi connectivity index (χ1v) is 22.0. The molecule has 0 saturated heterocycles. The Kier molecular flexibility index (Phi) is 15.0. The Hall–Kier alpha value is -7.36. The third kappa shape index (κ3) is 10.8. The molecule has 16 heteroatoms. The van der Waals surface area contributed by atoms with Crippen molar-refractivity contribution in [2.24, 2.45) is 5.92 Å². The number of hydrogen-bond donors (Lipinski definition) is 7. The standard InChI is InChI=1S/C50H59N9O7/c1-11-32-26(5)36-19-37-28(7)34(13-15-46(60)58-44(17-25(3)4)49(64)59-45(18-31-23-51-24-52-31)48(63)53-30(9)50(65)66-10)42(56-37)22-43-35(14-16-47(61)62)29(8)39(57-43)21-41-33(12-2)27(6)38(55-41)20-40(32)54-36/h11-12,19-25,30,44-45,54-55H,1-2,13-18H2,3-10H3,(H,51,52)(H,53,63)(H,58,60)(H,59,64)(H,61,62). The van der Waals surface area contributed by atoms with Gasteiger partial charge < -0.3 is 40.7 Å². The minimum absolute atomic E-state index is 0.00813. The third-order valence-corrected chi connectivity index (χ3v) is 12.1. The molecule has 346 valence electrons. The van der Waals surface area contributed by atoms with Gasteiger partial charge in [0.05, 0.1) is 36.2 Å². The van der Waals surface area contributed by atoms with Crippen LogP contribution in [0.3, 0.4) is 0 Å². The lowest BCUT2D eigenvalue weighted by molar-refractivity contribution is -0.145. The van der Waals surface area contributed by atoms with E-state index in [0.717, 1.165) is 66.6 Å². The molecule has 0 fully saturated rings. The number of rotatable bonds is 18. The van der Waals surface area contributed by atoms with Crippen molar-refractivity contribution in [3.05, 3.63) is 101 Å². The topological polar surface area (TPSA) is 237 Å². The van der Waals surface area contributed by atoms with Gasteiger partial charge in [-0.2, -0.15) is 0 Å². The van der Waals surface area contributed by atoms with Crippen LogP contribution in [0.1, 0.15) is 117 Å². The Bertz CT molecular complexity index is 2830. The van der Waals surface area contributed by atoms with Gasteiger partial charge in [-0.1, -0.05) is 39.2 Å². The van der Waals surface area contributed by atoms with Crippen LogP contribution in [0.4, 0.5) is 0 Å². The molecule has 3 atom stereocenters. The van der Waals surface area contributed by atoms with Gasteiger partial charge in [0.25, 0.3) is 0 Å². The zero-order chi connectivity index (χ0) is 48.0. The molecule has 0 saturated carbocycles. The fourth-order valence-corrected chi connectivity index (χ4v) is 8.39. The van der Waals surface area contributed by atoms with Gasteiger partial charge in [-0.3, -0.25) is 19.2 Å². The van der Waals surface area contributed by atoms with E-state index >= 15 is 0 Å². The molecular weight excluding hydrogens is 839 g/mol. The van der Waals surface area contributed by atoms with Crippen LogP contribution in [0.2, 0.25) is 0 Å². The van der Waals surface area contributed by atoms with E-state index < -0.39 is 47.8 Å². The summed E-state index contributed by atoms with van der Waals surface area (Å²) >= 11 is 0. The number of methoxy groups -OCH3 is 1. The number of imidazole rings is 1. The maximum absolute atomic E-state index is 14.0. The number of ether oxygens (including phenoxy) is 1. The molecule has 0 spiro atoms. The van der Waals surface area contributed by atoms with E-state index in [1.807, 2.05) is 71.9 Å². The Morgan fingerprint density at radius 1 is 0.727 bits per heavy atom.